The molecule has 3 N–H and O–H groups in total. The second-order valence-corrected chi connectivity index (χ2v) is 14.1. The average molecular weight is 599 g/mol. The molecule has 4 rings (SSSR count). The monoisotopic (exact) mass is 598 g/mol. The van der Waals surface area contributed by atoms with Crippen molar-refractivity contribution in [3.8, 4) is 5.69 Å². The van der Waals surface area contributed by atoms with Crippen LogP contribution in [-0.2, 0) is 38.1 Å². The summed E-state index contributed by atoms with van der Waals surface area (Å²) in [5.41, 5.74) is 3.30. The lowest BCUT2D eigenvalue weighted by molar-refractivity contribution is -0.117. The molecule has 1 aromatic heterocycles. The van der Waals surface area contributed by atoms with Gasteiger partial charge >= 0.3 is 0 Å². The van der Waals surface area contributed by atoms with E-state index in [1.807, 2.05) is 0 Å². The molecule has 1 aliphatic rings. The van der Waals surface area contributed by atoms with E-state index in [2.05, 4.69) is 49.3 Å². The van der Waals surface area contributed by atoms with Crippen molar-refractivity contribution in [2.45, 2.75) is 109 Å². The van der Waals surface area contributed by atoms with E-state index >= 15 is 0 Å². The number of benzene rings is 2. The number of amides is 1. The maximum Gasteiger partial charge on any atom is 0.259 e. The number of nitrogens with two attached hydrogens (primary N) is 1. The smallest absolute Gasteiger partial charge is 0.259 e. The van der Waals surface area contributed by atoms with Crippen LogP contribution in [0.2, 0.25) is 0 Å². The minimum Gasteiger partial charge on any atom is -0.384 e. The first-order valence-corrected chi connectivity index (χ1v) is 16.2. The molecule has 8 nitrogen and oxygen atoms in total. The lowest BCUT2D eigenvalue weighted by Gasteiger charge is -2.22. The zero-order valence-electron chi connectivity index (χ0n) is 25.4. The van der Waals surface area contributed by atoms with Crippen molar-refractivity contribution < 1.29 is 23.2 Å². The number of aliphatic hydroxyl groups is 1. The van der Waals surface area contributed by atoms with Gasteiger partial charge in [0.1, 0.15) is 11.4 Å². The van der Waals surface area contributed by atoms with Gasteiger partial charge in [0.15, 0.2) is 14.9 Å². The van der Waals surface area contributed by atoms with E-state index < -0.39 is 27.2 Å². The standard InChI is InChI=1S/C32H43FN4O4S/c1-20(2)26-15-22(19-41-25-9-7-8-10-25)16-27(21(3)4)28(26)17-30(38)36-42(34,40)31-18-29(32(5,6)39)37(35-31)24-13-11-23(33)12-14-24/h11-16,18,20-21,25,39H,7-10,17,19H2,1-6H3,(H2,34,36,38,40). The van der Waals surface area contributed by atoms with Gasteiger partial charge in [0.2, 0.25) is 0 Å². The zero-order valence-corrected chi connectivity index (χ0v) is 26.2. The van der Waals surface area contributed by atoms with E-state index in [0.717, 1.165) is 35.1 Å². The molecule has 0 radical (unpaired) electrons. The van der Waals surface area contributed by atoms with Crippen LogP contribution in [0.5, 0.6) is 0 Å². The van der Waals surface area contributed by atoms with E-state index in [1.54, 1.807) is 0 Å². The molecular formula is C32H43FN4O4S. The molecule has 1 fully saturated rings. The van der Waals surface area contributed by atoms with Gasteiger partial charge in [0.05, 0.1) is 30.5 Å². The van der Waals surface area contributed by atoms with Crippen LogP contribution in [-0.4, -0.2) is 31.1 Å². The average Bonchev–Trinajstić information content (AvgIpc) is 3.58. The van der Waals surface area contributed by atoms with Crippen LogP contribution in [0.15, 0.2) is 51.9 Å². The van der Waals surface area contributed by atoms with Crippen molar-refractivity contribution in [2.24, 2.45) is 9.50 Å². The number of aromatic nitrogens is 2. The molecule has 0 bridgehead atoms. The Bertz CT molecular complexity index is 1510. The Morgan fingerprint density at radius 2 is 1.69 bits per heavy atom. The van der Waals surface area contributed by atoms with Crippen LogP contribution in [0, 0.1) is 5.82 Å². The van der Waals surface area contributed by atoms with Gasteiger partial charge in [-0.15, -0.1) is 4.36 Å². The number of carbonyl (C=O) groups excluding carboxylic acids is 1. The SMILES string of the molecule is CC(C)c1cc(COC2CCCC2)cc(C(C)C)c1CC(=O)N=S(N)(=O)c1cc(C(C)(C)O)n(-c2ccc(F)cc2)n1. The van der Waals surface area contributed by atoms with Gasteiger partial charge in [-0.2, -0.15) is 5.10 Å². The summed E-state index contributed by atoms with van der Waals surface area (Å²) in [6.07, 6.45) is 4.85. The number of rotatable bonds is 10. The van der Waals surface area contributed by atoms with Crippen molar-refractivity contribution in [2.75, 3.05) is 0 Å². The Labute approximate surface area is 248 Å². The maximum absolute atomic E-state index is 13.6. The van der Waals surface area contributed by atoms with Crippen LogP contribution in [0.3, 0.4) is 0 Å². The molecule has 2 aromatic carbocycles. The van der Waals surface area contributed by atoms with Gasteiger partial charge in [-0.25, -0.2) is 18.4 Å². The molecule has 3 aromatic rings. The van der Waals surface area contributed by atoms with Gasteiger partial charge in [-0.3, -0.25) is 4.79 Å². The fourth-order valence-electron chi connectivity index (χ4n) is 5.47. The third-order valence-corrected chi connectivity index (χ3v) is 8.93. The highest BCUT2D eigenvalue weighted by atomic mass is 32.2. The Morgan fingerprint density at radius 1 is 1.12 bits per heavy atom. The van der Waals surface area contributed by atoms with Gasteiger partial charge in [-0.05, 0) is 85.0 Å². The number of hydrogen-bond acceptors (Lipinski definition) is 5. The van der Waals surface area contributed by atoms with Crippen molar-refractivity contribution in [1.82, 2.24) is 9.78 Å². The summed E-state index contributed by atoms with van der Waals surface area (Å²) in [6.45, 7) is 11.9. The van der Waals surface area contributed by atoms with Crippen LogP contribution < -0.4 is 5.14 Å². The number of ether oxygens (including phenoxy) is 1. The minimum atomic E-state index is -3.76. The summed E-state index contributed by atoms with van der Waals surface area (Å²) in [6, 6.07) is 11.0. The largest absolute Gasteiger partial charge is 0.384 e. The summed E-state index contributed by atoms with van der Waals surface area (Å²) in [5, 5.41) is 21.1. The Hall–Kier alpha value is -2.92. The normalized spacial score (nSPS) is 15.9. The summed E-state index contributed by atoms with van der Waals surface area (Å²) in [5.74, 6) is -0.781. The van der Waals surface area contributed by atoms with Crippen molar-refractivity contribution in [3.05, 3.63) is 76.2 Å². The van der Waals surface area contributed by atoms with E-state index in [1.165, 1.54) is 61.7 Å². The fourth-order valence-corrected chi connectivity index (χ4v) is 6.41. The number of nitrogens with zero attached hydrogens (tertiary/aromatic N) is 3. The zero-order chi connectivity index (χ0) is 30.8. The van der Waals surface area contributed by atoms with Crippen LogP contribution in [0.25, 0.3) is 5.69 Å². The second-order valence-electron chi connectivity index (χ2n) is 12.3. The summed E-state index contributed by atoms with van der Waals surface area (Å²) in [4.78, 5) is 13.4. The van der Waals surface area contributed by atoms with Crippen molar-refractivity contribution in [3.63, 3.8) is 0 Å². The molecule has 1 unspecified atom stereocenters. The molecule has 0 saturated heterocycles. The maximum atomic E-state index is 13.6. The highest BCUT2D eigenvalue weighted by Crippen LogP contribution is 2.32. The molecule has 1 atom stereocenters. The number of hydrogen-bond donors (Lipinski definition) is 2. The first-order valence-electron chi connectivity index (χ1n) is 14.6. The molecule has 228 valence electrons. The number of halogens is 1. The lowest BCUT2D eigenvalue weighted by Crippen LogP contribution is -2.20. The van der Waals surface area contributed by atoms with Crippen molar-refractivity contribution >= 4 is 15.8 Å². The molecule has 1 saturated carbocycles. The summed E-state index contributed by atoms with van der Waals surface area (Å²) in [7, 11) is -3.76. The molecule has 42 heavy (non-hydrogen) atoms. The van der Waals surface area contributed by atoms with Crippen LogP contribution >= 0.6 is 0 Å². The third-order valence-electron chi connectivity index (χ3n) is 7.66. The fraction of sp³-hybridized carbons (Fsp3) is 0.500. The quantitative estimate of drug-likeness (QED) is 0.279. The molecule has 0 spiro atoms. The highest BCUT2D eigenvalue weighted by molar-refractivity contribution is 7.91. The van der Waals surface area contributed by atoms with Crippen LogP contribution in [0.1, 0.15) is 107 Å². The number of carbonyl (C=O) groups is 1. The Kier molecular flexibility index (Phi) is 9.72. The van der Waals surface area contributed by atoms with E-state index in [-0.39, 0.29) is 29.0 Å². The van der Waals surface area contributed by atoms with E-state index in [9.17, 15) is 18.5 Å². The van der Waals surface area contributed by atoms with Gasteiger partial charge in [-0.1, -0.05) is 52.7 Å². The van der Waals surface area contributed by atoms with Crippen LogP contribution in [0.4, 0.5) is 4.39 Å². The third kappa shape index (κ3) is 7.53. The Morgan fingerprint density at radius 3 is 2.21 bits per heavy atom. The molecule has 1 heterocycles. The minimum absolute atomic E-state index is 0.0595. The summed E-state index contributed by atoms with van der Waals surface area (Å²) < 4.78 is 38.6. The second kappa shape index (κ2) is 12.8. The predicted molar refractivity (Wildman–Crippen MR) is 162 cm³/mol. The highest BCUT2D eigenvalue weighted by Gasteiger charge is 2.28. The van der Waals surface area contributed by atoms with Crippen molar-refractivity contribution in [1.29, 1.82) is 0 Å². The van der Waals surface area contributed by atoms with Gasteiger partial charge in [0, 0.05) is 6.07 Å². The molecule has 1 aliphatic carbocycles. The first kappa shape index (κ1) is 32.0. The molecule has 1 amide bonds. The van der Waals surface area contributed by atoms with Gasteiger partial charge in [0.25, 0.3) is 5.91 Å². The molecular weight excluding hydrogens is 555 g/mol. The summed E-state index contributed by atoms with van der Waals surface area (Å²) >= 11 is 0. The topological polar surface area (TPSA) is 120 Å². The molecule has 10 heteroatoms. The van der Waals surface area contributed by atoms with E-state index in [0.29, 0.717) is 18.4 Å². The first-order chi connectivity index (χ1) is 19.7. The Balaban J connectivity index is 1.67. The van der Waals surface area contributed by atoms with Gasteiger partial charge < -0.3 is 9.84 Å². The molecule has 0 aliphatic heterocycles. The lowest BCUT2D eigenvalue weighted by atomic mass is 9.85. The van der Waals surface area contributed by atoms with E-state index in [4.69, 9.17) is 9.88 Å². The predicted octanol–water partition coefficient (Wildman–Crippen LogP) is 6.41.